The molecule has 0 atom stereocenters. The molecule has 2 aliphatic rings. The molecule has 98 valence electrons. The first-order valence-corrected chi connectivity index (χ1v) is 6.75. The Morgan fingerprint density at radius 1 is 1.50 bits per heavy atom. The van der Waals surface area contributed by atoms with E-state index in [2.05, 4.69) is 10.1 Å². The van der Waals surface area contributed by atoms with E-state index in [4.69, 9.17) is 9.26 Å². The Hall–Kier alpha value is -1.39. The molecule has 0 aromatic carbocycles. The second kappa shape index (κ2) is 4.37. The highest BCUT2D eigenvalue weighted by atomic mass is 16.5. The van der Waals surface area contributed by atoms with E-state index in [9.17, 15) is 4.79 Å². The SMILES string of the molecule is CCOC(=O)C1(c2nc(CC3CC3)no2)CCC1. The van der Waals surface area contributed by atoms with Gasteiger partial charge in [0.1, 0.15) is 5.41 Å². The monoisotopic (exact) mass is 250 g/mol. The first-order chi connectivity index (χ1) is 8.74. The summed E-state index contributed by atoms with van der Waals surface area (Å²) < 4.78 is 10.4. The molecule has 0 amide bonds. The van der Waals surface area contributed by atoms with Crippen LogP contribution < -0.4 is 0 Å². The lowest BCUT2D eigenvalue weighted by atomic mass is 9.68. The molecule has 2 fully saturated rings. The number of rotatable bonds is 5. The van der Waals surface area contributed by atoms with Crippen molar-refractivity contribution >= 4 is 5.97 Å². The molecule has 5 nitrogen and oxygen atoms in total. The number of hydrogen-bond donors (Lipinski definition) is 0. The molecule has 0 aliphatic heterocycles. The average Bonchev–Trinajstić information content (AvgIpc) is 2.96. The number of aromatic nitrogens is 2. The topological polar surface area (TPSA) is 65.2 Å². The van der Waals surface area contributed by atoms with E-state index in [1.165, 1.54) is 12.8 Å². The Bertz CT molecular complexity index is 447. The molecule has 0 N–H and O–H groups in total. The van der Waals surface area contributed by atoms with Crippen LogP contribution in [0.5, 0.6) is 0 Å². The summed E-state index contributed by atoms with van der Waals surface area (Å²) in [6.07, 6.45) is 5.93. The van der Waals surface area contributed by atoms with Crippen LogP contribution in [0.25, 0.3) is 0 Å². The number of carbonyl (C=O) groups is 1. The first kappa shape index (κ1) is 11.7. The maximum absolute atomic E-state index is 12.0. The van der Waals surface area contributed by atoms with Crippen LogP contribution in [-0.2, 0) is 21.4 Å². The highest BCUT2D eigenvalue weighted by Crippen LogP contribution is 2.44. The summed E-state index contributed by atoms with van der Waals surface area (Å²) in [6.45, 7) is 2.21. The fraction of sp³-hybridized carbons (Fsp3) is 0.769. The van der Waals surface area contributed by atoms with Crippen molar-refractivity contribution < 1.29 is 14.1 Å². The molecule has 2 aliphatic carbocycles. The van der Waals surface area contributed by atoms with Gasteiger partial charge in [-0.15, -0.1) is 0 Å². The maximum atomic E-state index is 12.0. The Labute approximate surface area is 106 Å². The normalized spacial score (nSPS) is 21.4. The average molecular weight is 250 g/mol. The van der Waals surface area contributed by atoms with Crippen molar-refractivity contribution in [3.8, 4) is 0 Å². The van der Waals surface area contributed by atoms with Gasteiger partial charge in [0.25, 0.3) is 0 Å². The molecule has 18 heavy (non-hydrogen) atoms. The molecule has 1 aromatic rings. The lowest BCUT2D eigenvalue weighted by Crippen LogP contribution is -2.44. The lowest BCUT2D eigenvalue weighted by molar-refractivity contribution is -0.155. The molecule has 0 spiro atoms. The number of nitrogens with zero attached hydrogens (tertiary/aromatic N) is 2. The van der Waals surface area contributed by atoms with Crippen molar-refractivity contribution in [2.75, 3.05) is 6.61 Å². The van der Waals surface area contributed by atoms with Crippen LogP contribution in [0.4, 0.5) is 0 Å². The van der Waals surface area contributed by atoms with Gasteiger partial charge in [0.05, 0.1) is 6.61 Å². The van der Waals surface area contributed by atoms with Gasteiger partial charge in [-0.05, 0) is 38.5 Å². The van der Waals surface area contributed by atoms with Crippen LogP contribution >= 0.6 is 0 Å². The lowest BCUT2D eigenvalue weighted by Gasteiger charge is -2.35. The van der Waals surface area contributed by atoms with Gasteiger partial charge in [0.15, 0.2) is 5.82 Å². The van der Waals surface area contributed by atoms with E-state index in [1.54, 1.807) is 0 Å². The summed E-state index contributed by atoms with van der Waals surface area (Å²) in [5.74, 6) is 1.71. The van der Waals surface area contributed by atoms with Crippen LogP contribution in [0, 0.1) is 5.92 Å². The second-order valence-electron chi connectivity index (χ2n) is 5.32. The van der Waals surface area contributed by atoms with Crippen molar-refractivity contribution in [3.63, 3.8) is 0 Å². The summed E-state index contributed by atoms with van der Waals surface area (Å²) >= 11 is 0. The molecule has 0 unspecified atom stereocenters. The van der Waals surface area contributed by atoms with E-state index in [-0.39, 0.29) is 5.97 Å². The predicted octanol–water partition coefficient (Wildman–Crippen LogP) is 2.01. The number of hydrogen-bond acceptors (Lipinski definition) is 5. The van der Waals surface area contributed by atoms with Gasteiger partial charge < -0.3 is 9.26 Å². The zero-order valence-electron chi connectivity index (χ0n) is 10.6. The van der Waals surface area contributed by atoms with Crippen LogP contribution in [0.3, 0.4) is 0 Å². The summed E-state index contributed by atoms with van der Waals surface area (Å²) in [7, 11) is 0. The minimum Gasteiger partial charge on any atom is -0.465 e. The number of ether oxygens (including phenoxy) is 1. The van der Waals surface area contributed by atoms with E-state index in [1.807, 2.05) is 6.92 Å². The molecule has 1 aromatic heterocycles. The van der Waals surface area contributed by atoms with Gasteiger partial charge in [-0.2, -0.15) is 4.98 Å². The van der Waals surface area contributed by atoms with E-state index < -0.39 is 5.41 Å². The predicted molar refractivity (Wildman–Crippen MR) is 62.9 cm³/mol. The molecular formula is C13H18N2O3. The zero-order chi connectivity index (χ0) is 12.6. The van der Waals surface area contributed by atoms with Crippen molar-refractivity contribution in [1.82, 2.24) is 10.1 Å². The van der Waals surface area contributed by atoms with Crippen LogP contribution in [0.15, 0.2) is 4.52 Å². The smallest absolute Gasteiger partial charge is 0.321 e. The third-order valence-electron chi connectivity index (χ3n) is 3.92. The van der Waals surface area contributed by atoms with Crippen molar-refractivity contribution in [2.45, 2.75) is 50.9 Å². The van der Waals surface area contributed by atoms with Crippen LogP contribution in [0.1, 0.15) is 50.7 Å². The van der Waals surface area contributed by atoms with Crippen molar-refractivity contribution in [2.24, 2.45) is 5.92 Å². The minimum absolute atomic E-state index is 0.210. The number of esters is 1. The third kappa shape index (κ3) is 1.91. The van der Waals surface area contributed by atoms with Gasteiger partial charge in [0, 0.05) is 6.42 Å². The fourth-order valence-corrected chi connectivity index (χ4v) is 2.42. The fourth-order valence-electron chi connectivity index (χ4n) is 2.42. The Balaban J connectivity index is 1.77. The molecular weight excluding hydrogens is 232 g/mol. The second-order valence-corrected chi connectivity index (χ2v) is 5.32. The molecule has 0 saturated heterocycles. The van der Waals surface area contributed by atoms with Crippen LogP contribution in [-0.4, -0.2) is 22.7 Å². The third-order valence-corrected chi connectivity index (χ3v) is 3.92. The molecule has 3 rings (SSSR count). The standard InChI is InChI=1S/C13H18N2O3/c1-2-17-12(16)13(6-3-7-13)11-14-10(15-18-11)8-9-4-5-9/h9H,2-8H2,1H3. The first-order valence-electron chi connectivity index (χ1n) is 6.75. The summed E-state index contributed by atoms with van der Waals surface area (Å²) in [6, 6.07) is 0. The Morgan fingerprint density at radius 2 is 2.28 bits per heavy atom. The quantitative estimate of drug-likeness (QED) is 0.748. The van der Waals surface area contributed by atoms with Gasteiger partial charge >= 0.3 is 5.97 Å². The molecule has 5 heteroatoms. The maximum Gasteiger partial charge on any atom is 0.321 e. The van der Waals surface area contributed by atoms with Crippen LogP contribution in [0.2, 0.25) is 0 Å². The molecule has 1 heterocycles. The summed E-state index contributed by atoms with van der Waals surface area (Å²) in [5.41, 5.74) is -0.648. The minimum atomic E-state index is -0.648. The zero-order valence-corrected chi connectivity index (χ0v) is 10.6. The van der Waals surface area contributed by atoms with E-state index in [0.29, 0.717) is 12.5 Å². The van der Waals surface area contributed by atoms with Crippen molar-refractivity contribution in [3.05, 3.63) is 11.7 Å². The highest BCUT2D eigenvalue weighted by Gasteiger charge is 2.52. The molecule has 0 bridgehead atoms. The Morgan fingerprint density at radius 3 is 2.83 bits per heavy atom. The van der Waals surface area contributed by atoms with Gasteiger partial charge in [0.2, 0.25) is 5.89 Å². The molecule has 2 saturated carbocycles. The van der Waals surface area contributed by atoms with E-state index >= 15 is 0 Å². The Kier molecular flexibility index (Phi) is 2.84. The summed E-state index contributed by atoms with van der Waals surface area (Å²) in [5, 5.41) is 3.99. The largest absolute Gasteiger partial charge is 0.465 e. The van der Waals surface area contributed by atoms with Gasteiger partial charge in [-0.25, -0.2) is 0 Å². The highest BCUT2D eigenvalue weighted by molar-refractivity contribution is 5.82. The summed E-state index contributed by atoms with van der Waals surface area (Å²) in [4.78, 5) is 16.5. The van der Waals surface area contributed by atoms with E-state index in [0.717, 1.165) is 37.4 Å². The number of carbonyl (C=O) groups excluding carboxylic acids is 1. The van der Waals surface area contributed by atoms with Crippen molar-refractivity contribution in [1.29, 1.82) is 0 Å². The van der Waals surface area contributed by atoms with Gasteiger partial charge in [-0.3, -0.25) is 4.79 Å². The molecule has 0 radical (unpaired) electrons. The van der Waals surface area contributed by atoms with Gasteiger partial charge in [-0.1, -0.05) is 11.6 Å².